The van der Waals surface area contributed by atoms with Crippen molar-refractivity contribution in [1.82, 2.24) is 9.80 Å². The average molecular weight is 393 g/mol. The molecule has 2 aromatic carbocycles. The van der Waals surface area contributed by atoms with E-state index in [1.165, 1.54) is 28.0 Å². The summed E-state index contributed by atoms with van der Waals surface area (Å²) in [5, 5.41) is 11.5. The summed E-state index contributed by atoms with van der Waals surface area (Å²) in [5.74, 6) is -0.949. The van der Waals surface area contributed by atoms with Gasteiger partial charge in [0.1, 0.15) is 17.8 Å². The Kier molecular flexibility index (Phi) is 5.50. The molecule has 0 spiro atoms. The van der Waals surface area contributed by atoms with Crippen molar-refractivity contribution in [3.63, 3.8) is 0 Å². The van der Waals surface area contributed by atoms with Crippen molar-refractivity contribution in [1.29, 1.82) is 0 Å². The second kappa shape index (κ2) is 7.87. The van der Waals surface area contributed by atoms with Crippen molar-refractivity contribution >= 4 is 23.1 Å². The predicted octanol–water partition coefficient (Wildman–Crippen LogP) is 3.57. The third-order valence-corrected chi connectivity index (χ3v) is 5.18. The van der Waals surface area contributed by atoms with Gasteiger partial charge in [-0.25, -0.2) is 0 Å². The molecular weight excluding hydrogens is 370 g/mol. The average Bonchev–Trinajstić information content (AvgIpc) is 2.98. The Morgan fingerprint density at radius 3 is 2.28 bits per heavy atom. The molecule has 1 saturated heterocycles. The summed E-state index contributed by atoms with van der Waals surface area (Å²) >= 11 is 0. The fourth-order valence-electron chi connectivity index (χ4n) is 3.79. The molecule has 1 aliphatic rings. The summed E-state index contributed by atoms with van der Waals surface area (Å²) in [6.45, 7) is 7.85. The Bertz CT molecular complexity index is 971. The summed E-state index contributed by atoms with van der Waals surface area (Å²) in [7, 11) is 1.63. The monoisotopic (exact) mass is 393 g/mol. The van der Waals surface area contributed by atoms with Crippen LogP contribution < -0.4 is 0 Å². The molecule has 0 unspecified atom stereocenters. The van der Waals surface area contributed by atoms with Crippen molar-refractivity contribution in [2.24, 2.45) is 5.92 Å². The minimum atomic E-state index is -0.738. The Hall–Kier alpha value is -3.48. The predicted molar refractivity (Wildman–Crippen MR) is 110 cm³/mol. The molecule has 1 aliphatic heterocycles. The number of hydrogen-bond donors (Lipinski definition) is 0. The number of hydrogen-bond acceptors (Lipinski definition) is 4. The van der Waals surface area contributed by atoms with Gasteiger partial charge in [-0.15, -0.1) is 0 Å². The molecule has 2 aromatic rings. The largest absolute Gasteiger partial charge is 0.319 e. The first kappa shape index (κ1) is 20.3. The molecular formula is C22H23N3O4. The van der Waals surface area contributed by atoms with Gasteiger partial charge in [0.25, 0.3) is 11.6 Å². The van der Waals surface area contributed by atoms with Gasteiger partial charge < -0.3 is 9.80 Å². The van der Waals surface area contributed by atoms with E-state index in [0.29, 0.717) is 5.57 Å². The topological polar surface area (TPSA) is 83.8 Å². The van der Waals surface area contributed by atoms with Crippen LogP contribution >= 0.6 is 0 Å². The smallest absolute Gasteiger partial charge is 0.282 e. The van der Waals surface area contributed by atoms with E-state index in [1.54, 1.807) is 13.1 Å². The number of carbonyl (C=O) groups is 2. The Labute approximate surface area is 169 Å². The van der Waals surface area contributed by atoms with Crippen LogP contribution in [0.25, 0.3) is 5.57 Å². The molecule has 0 saturated carbocycles. The minimum Gasteiger partial charge on any atom is -0.319 e. The van der Waals surface area contributed by atoms with Crippen LogP contribution in [-0.2, 0) is 4.79 Å². The van der Waals surface area contributed by atoms with Gasteiger partial charge in [-0.05, 0) is 23.1 Å². The molecule has 3 rings (SSSR count). The first-order valence-electron chi connectivity index (χ1n) is 9.32. The van der Waals surface area contributed by atoms with Crippen molar-refractivity contribution in [2.75, 3.05) is 7.05 Å². The van der Waals surface area contributed by atoms with E-state index < -0.39 is 23.0 Å². The maximum Gasteiger partial charge on any atom is 0.282 e. The first-order valence-corrected chi connectivity index (χ1v) is 9.32. The zero-order valence-corrected chi connectivity index (χ0v) is 16.6. The highest BCUT2D eigenvalue weighted by Crippen LogP contribution is 2.35. The van der Waals surface area contributed by atoms with Gasteiger partial charge in [-0.1, -0.05) is 62.9 Å². The molecule has 7 heteroatoms. The van der Waals surface area contributed by atoms with E-state index in [4.69, 9.17) is 0 Å². The lowest BCUT2D eigenvalue weighted by molar-refractivity contribution is -0.385. The van der Waals surface area contributed by atoms with Gasteiger partial charge in [-0.2, -0.15) is 0 Å². The van der Waals surface area contributed by atoms with Crippen LogP contribution in [0.1, 0.15) is 29.8 Å². The maximum absolute atomic E-state index is 13.5. The molecule has 29 heavy (non-hydrogen) atoms. The number of benzene rings is 2. The number of carbonyl (C=O) groups excluding carboxylic acids is 2. The fourth-order valence-corrected chi connectivity index (χ4v) is 3.79. The summed E-state index contributed by atoms with van der Waals surface area (Å²) in [4.78, 5) is 40.3. The lowest BCUT2D eigenvalue weighted by Gasteiger charge is -2.32. The minimum absolute atomic E-state index is 0.0443. The zero-order chi connectivity index (χ0) is 21.3. The highest BCUT2D eigenvalue weighted by molar-refractivity contribution is 6.04. The van der Waals surface area contributed by atoms with E-state index >= 15 is 0 Å². The third kappa shape index (κ3) is 3.51. The summed E-state index contributed by atoms with van der Waals surface area (Å²) in [5.41, 5.74) is 1.04. The highest BCUT2D eigenvalue weighted by Gasteiger charge is 2.50. The van der Waals surface area contributed by atoms with Crippen molar-refractivity contribution in [3.8, 4) is 0 Å². The van der Waals surface area contributed by atoms with Crippen LogP contribution in [0.4, 0.5) is 5.69 Å². The standard InChI is InChI=1S/C22H23N3O4/c1-14(2)19-22(27)23(4)20(15(3)16-10-6-5-7-11-16)24(19)21(26)17-12-8-9-13-18(17)25(28)29/h5-14,19-20H,3H2,1-2,4H3/t19-,20+/m0/s1. The van der Waals surface area contributed by atoms with E-state index in [1.807, 2.05) is 44.2 Å². The molecule has 2 atom stereocenters. The Balaban J connectivity index is 2.13. The maximum atomic E-state index is 13.5. The zero-order valence-electron chi connectivity index (χ0n) is 16.6. The number of rotatable bonds is 5. The van der Waals surface area contributed by atoms with Gasteiger partial charge in [0, 0.05) is 13.1 Å². The van der Waals surface area contributed by atoms with E-state index in [2.05, 4.69) is 6.58 Å². The number of amides is 2. The number of para-hydroxylation sites is 1. The van der Waals surface area contributed by atoms with Crippen molar-refractivity contribution in [3.05, 3.63) is 82.4 Å². The summed E-state index contributed by atoms with van der Waals surface area (Å²) in [6, 6.07) is 14.4. The number of nitro groups is 1. The van der Waals surface area contributed by atoms with Crippen LogP contribution in [0, 0.1) is 16.0 Å². The van der Waals surface area contributed by atoms with Crippen LogP contribution in [0.15, 0.2) is 61.2 Å². The molecule has 0 aromatic heterocycles. The van der Waals surface area contributed by atoms with Crippen LogP contribution in [-0.4, -0.2) is 45.8 Å². The lowest BCUT2D eigenvalue weighted by Crippen LogP contribution is -2.46. The van der Waals surface area contributed by atoms with Gasteiger partial charge in [0.15, 0.2) is 0 Å². The third-order valence-electron chi connectivity index (χ3n) is 5.18. The molecule has 7 nitrogen and oxygen atoms in total. The van der Waals surface area contributed by atoms with Gasteiger partial charge in [-0.3, -0.25) is 19.7 Å². The van der Waals surface area contributed by atoms with Gasteiger partial charge in [0.05, 0.1) is 4.92 Å². The number of nitro benzene ring substituents is 1. The molecule has 0 bridgehead atoms. The number of nitrogens with zero attached hydrogens (tertiary/aromatic N) is 3. The quantitative estimate of drug-likeness (QED) is 0.574. The molecule has 0 radical (unpaired) electrons. The lowest BCUT2D eigenvalue weighted by atomic mass is 9.99. The van der Waals surface area contributed by atoms with Gasteiger partial charge in [0.2, 0.25) is 5.91 Å². The van der Waals surface area contributed by atoms with Crippen LogP contribution in [0.2, 0.25) is 0 Å². The number of likely N-dealkylation sites (N-methyl/N-ethyl adjacent to an activating group) is 1. The second-order valence-corrected chi connectivity index (χ2v) is 7.39. The van der Waals surface area contributed by atoms with E-state index in [-0.39, 0.29) is 23.1 Å². The highest BCUT2D eigenvalue weighted by atomic mass is 16.6. The molecule has 0 aliphatic carbocycles. The van der Waals surface area contributed by atoms with Crippen LogP contribution in [0.5, 0.6) is 0 Å². The van der Waals surface area contributed by atoms with Gasteiger partial charge >= 0.3 is 0 Å². The second-order valence-electron chi connectivity index (χ2n) is 7.39. The fraction of sp³-hybridized carbons (Fsp3) is 0.273. The summed E-state index contributed by atoms with van der Waals surface area (Å²) in [6.07, 6.45) is -0.732. The van der Waals surface area contributed by atoms with Crippen molar-refractivity contribution in [2.45, 2.75) is 26.1 Å². The molecule has 0 N–H and O–H groups in total. The van der Waals surface area contributed by atoms with Crippen LogP contribution in [0.3, 0.4) is 0 Å². The van der Waals surface area contributed by atoms with Crippen molar-refractivity contribution < 1.29 is 14.5 Å². The Morgan fingerprint density at radius 1 is 1.10 bits per heavy atom. The Morgan fingerprint density at radius 2 is 1.69 bits per heavy atom. The first-order chi connectivity index (χ1) is 13.8. The SMILES string of the molecule is C=C(c1ccccc1)[C@@H]1N(C)C(=O)[C@H](C(C)C)N1C(=O)c1ccccc1[N+](=O)[O-]. The molecule has 1 fully saturated rings. The summed E-state index contributed by atoms with van der Waals surface area (Å²) < 4.78 is 0. The molecule has 150 valence electrons. The van der Waals surface area contributed by atoms with E-state index in [0.717, 1.165) is 5.56 Å². The normalized spacial score (nSPS) is 19.0. The molecule has 1 heterocycles. The molecule has 2 amide bonds. The van der Waals surface area contributed by atoms with E-state index in [9.17, 15) is 19.7 Å².